The third-order valence-electron chi connectivity index (χ3n) is 6.06. The molecule has 0 aliphatic rings. The highest BCUT2D eigenvalue weighted by Crippen LogP contribution is 2.19. The number of carbonyl (C=O) groups is 1. The van der Waals surface area contributed by atoms with E-state index in [-0.39, 0.29) is 8.81 Å². The first-order chi connectivity index (χ1) is 15.0. The largest absolute Gasteiger partial charge is 0.349 e. The first-order valence-electron chi connectivity index (χ1n) is 13.7. The van der Waals surface area contributed by atoms with E-state index < -0.39 is 0 Å². The number of carbonyl (C=O) groups excluding carboxylic acids is 1. The first-order valence-corrected chi connectivity index (χ1v) is 14.6. The maximum Gasteiger partial charge on any atom is 0.178 e. The van der Waals surface area contributed by atoms with Crippen LogP contribution in [-0.4, -0.2) is 44.3 Å². The first kappa shape index (κ1) is 31.0. The molecule has 0 fully saturated rings. The van der Waals surface area contributed by atoms with Crippen molar-refractivity contribution in [3.8, 4) is 0 Å². The fraction of sp³-hybridized carbons (Fsp3) is 0.963. The van der Waals surface area contributed by atoms with Gasteiger partial charge in [-0.1, -0.05) is 122 Å². The van der Waals surface area contributed by atoms with Gasteiger partial charge in [0.15, 0.2) is 5.52 Å². The number of hydrogen-bond acceptors (Lipinski definition) is 2. The number of hydrogen-bond donors (Lipinski definition) is 0. The summed E-state index contributed by atoms with van der Waals surface area (Å²) < 4.78 is 6.41. The van der Waals surface area contributed by atoms with E-state index >= 15 is 0 Å². The Morgan fingerprint density at radius 3 is 1.32 bits per heavy atom. The second kappa shape index (κ2) is 23.2. The Labute approximate surface area is 197 Å². The molecule has 1 unspecified atom stereocenters. The SMILES string of the molecule is CCCCCCCCCCCCCCCCCCCCCC(=O)POCC[N+](C)(C)C. The molecule has 0 amide bonds. The highest BCUT2D eigenvalue weighted by molar-refractivity contribution is 7.53. The summed E-state index contributed by atoms with van der Waals surface area (Å²) in [6, 6.07) is 0. The molecule has 3 nitrogen and oxygen atoms in total. The van der Waals surface area contributed by atoms with Crippen molar-refractivity contribution in [1.29, 1.82) is 0 Å². The number of quaternary nitrogens is 1. The number of rotatable bonds is 25. The lowest BCUT2D eigenvalue weighted by Crippen LogP contribution is -2.37. The third kappa shape index (κ3) is 28.0. The zero-order valence-corrected chi connectivity index (χ0v) is 22.8. The molecule has 0 saturated heterocycles. The molecule has 0 heterocycles. The minimum Gasteiger partial charge on any atom is -0.349 e. The van der Waals surface area contributed by atoms with Crippen LogP contribution in [0.4, 0.5) is 0 Å². The van der Waals surface area contributed by atoms with Gasteiger partial charge in [0.1, 0.15) is 13.2 Å². The van der Waals surface area contributed by atoms with E-state index in [4.69, 9.17) is 4.52 Å². The van der Waals surface area contributed by atoms with Crippen LogP contribution in [0.2, 0.25) is 0 Å². The van der Waals surface area contributed by atoms with Crippen LogP contribution in [0.1, 0.15) is 135 Å². The van der Waals surface area contributed by atoms with E-state index in [0.29, 0.717) is 18.6 Å². The average molecular weight is 459 g/mol. The Morgan fingerprint density at radius 2 is 0.968 bits per heavy atom. The molecule has 0 aliphatic heterocycles. The van der Waals surface area contributed by atoms with Gasteiger partial charge in [0, 0.05) is 6.42 Å². The number of likely N-dealkylation sites (N-methyl/N-ethyl adjacent to an activating group) is 1. The fourth-order valence-electron chi connectivity index (χ4n) is 3.87. The molecule has 0 spiro atoms. The molecular formula is C27H57NO2P+. The summed E-state index contributed by atoms with van der Waals surface area (Å²) in [6.45, 7) is 3.94. The second-order valence-electron chi connectivity index (χ2n) is 10.5. The van der Waals surface area contributed by atoms with Crippen LogP contribution in [0.3, 0.4) is 0 Å². The molecule has 0 aromatic rings. The Bertz CT molecular complexity index is 382. The van der Waals surface area contributed by atoms with Crippen molar-refractivity contribution in [2.24, 2.45) is 0 Å². The van der Waals surface area contributed by atoms with E-state index in [1.807, 2.05) is 0 Å². The summed E-state index contributed by atoms with van der Waals surface area (Å²) in [5.74, 6) is 0. The third-order valence-corrected chi connectivity index (χ3v) is 6.88. The van der Waals surface area contributed by atoms with Crippen molar-refractivity contribution in [2.75, 3.05) is 34.3 Å². The van der Waals surface area contributed by atoms with Crippen molar-refractivity contribution in [3.63, 3.8) is 0 Å². The quantitative estimate of drug-likeness (QED) is 0.0777. The minimum absolute atomic E-state index is 0.0535. The zero-order valence-electron chi connectivity index (χ0n) is 21.8. The Balaban J connectivity index is 3.14. The summed E-state index contributed by atoms with van der Waals surface area (Å²) in [6.07, 6.45) is 27.1. The summed E-state index contributed by atoms with van der Waals surface area (Å²) in [4.78, 5) is 11.8. The van der Waals surface area contributed by atoms with Gasteiger partial charge >= 0.3 is 0 Å². The Hall–Kier alpha value is 0.0200. The Kier molecular flexibility index (Phi) is 23.2. The van der Waals surface area contributed by atoms with Crippen LogP contribution in [0.5, 0.6) is 0 Å². The number of unbranched alkanes of at least 4 members (excludes halogenated alkanes) is 18. The van der Waals surface area contributed by atoms with Gasteiger partial charge in [-0.15, -0.1) is 0 Å². The van der Waals surface area contributed by atoms with Crippen molar-refractivity contribution in [1.82, 2.24) is 0 Å². The maximum absolute atomic E-state index is 11.8. The van der Waals surface area contributed by atoms with E-state index in [2.05, 4.69) is 28.1 Å². The van der Waals surface area contributed by atoms with Gasteiger partial charge in [0.05, 0.1) is 30.0 Å². The van der Waals surface area contributed by atoms with Crippen LogP contribution >= 0.6 is 8.81 Å². The Morgan fingerprint density at radius 1 is 0.613 bits per heavy atom. The second-order valence-corrected chi connectivity index (χ2v) is 11.6. The molecule has 1 atom stereocenters. The molecule has 4 heteroatoms. The molecule has 0 aromatic heterocycles. The average Bonchev–Trinajstić information content (AvgIpc) is 2.72. The van der Waals surface area contributed by atoms with Crippen LogP contribution in [0, 0.1) is 0 Å². The lowest BCUT2D eigenvalue weighted by molar-refractivity contribution is -0.870. The smallest absolute Gasteiger partial charge is 0.178 e. The van der Waals surface area contributed by atoms with Gasteiger partial charge < -0.3 is 9.01 Å². The van der Waals surface area contributed by atoms with Crippen LogP contribution in [0.15, 0.2) is 0 Å². The molecule has 31 heavy (non-hydrogen) atoms. The lowest BCUT2D eigenvalue weighted by atomic mass is 10.0. The molecule has 0 aliphatic carbocycles. The summed E-state index contributed by atoms with van der Waals surface area (Å²) in [5, 5.41) is 0. The highest BCUT2D eigenvalue weighted by Gasteiger charge is 2.08. The van der Waals surface area contributed by atoms with Gasteiger partial charge in [-0.3, -0.25) is 4.79 Å². The van der Waals surface area contributed by atoms with Crippen LogP contribution in [0.25, 0.3) is 0 Å². The van der Waals surface area contributed by atoms with Gasteiger partial charge in [0.25, 0.3) is 0 Å². The van der Waals surface area contributed by atoms with Crippen molar-refractivity contribution < 1.29 is 13.8 Å². The van der Waals surface area contributed by atoms with Crippen molar-refractivity contribution >= 4 is 14.3 Å². The normalized spacial score (nSPS) is 12.3. The molecule has 186 valence electrons. The molecule has 0 rings (SSSR count). The molecular weight excluding hydrogens is 401 g/mol. The maximum atomic E-state index is 11.8. The topological polar surface area (TPSA) is 26.3 Å². The summed E-state index contributed by atoms with van der Waals surface area (Å²) >= 11 is 0. The minimum atomic E-state index is 0.0535. The summed E-state index contributed by atoms with van der Waals surface area (Å²) in [5.41, 5.74) is 0.299. The van der Waals surface area contributed by atoms with E-state index in [0.717, 1.165) is 17.4 Å². The lowest BCUT2D eigenvalue weighted by Gasteiger charge is -2.23. The fourth-order valence-corrected chi connectivity index (χ4v) is 4.50. The van der Waals surface area contributed by atoms with Crippen molar-refractivity contribution in [2.45, 2.75) is 135 Å². The van der Waals surface area contributed by atoms with E-state index in [1.165, 1.54) is 116 Å². The van der Waals surface area contributed by atoms with Crippen LogP contribution in [-0.2, 0) is 9.32 Å². The van der Waals surface area contributed by atoms with Gasteiger partial charge in [-0.25, -0.2) is 0 Å². The number of nitrogens with zero attached hydrogens (tertiary/aromatic N) is 1. The van der Waals surface area contributed by atoms with Crippen LogP contribution < -0.4 is 0 Å². The van der Waals surface area contributed by atoms with Gasteiger partial charge in [0.2, 0.25) is 0 Å². The van der Waals surface area contributed by atoms with E-state index in [9.17, 15) is 4.79 Å². The zero-order chi connectivity index (χ0) is 23.0. The molecule has 0 N–H and O–H groups in total. The molecule has 0 aromatic carbocycles. The van der Waals surface area contributed by atoms with Crippen molar-refractivity contribution in [3.05, 3.63) is 0 Å². The van der Waals surface area contributed by atoms with Gasteiger partial charge in [-0.05, 0) is 6.42 Å². The highest BCUT2D eigenvalue weighted by atomic mass is 31.1. The monoisotopic (exact) mass is 458 g/mol. The predicted molar refractivity (Wildman–Crippen MR) is 140 cm³/mol. The van der Waals surface area contributed by atoms with Gasteiger partial charge in [-0.2, -0.15) is 0 Å². The molecule has 0 saturated carbocycles. The van der Waals surface area contributed by atoms with E-state index in [1.54, 1.807) is 0 Å². The molecule has 0 bridgehead atoms. The standard InChI is InChI=1S/C27H57NO2P/c1-5-6-7-8-9-10-11-12-13-14-15-16-17-18-19-20-21-22-23-24-27(29)31-30-26-25-28(2,3)4/h31H,5-26H2,1-4H3/q+1. The molecule has 0 radical (unpaired) electrons. The predicted octanol–water partition coefficient (Wildman–Crippen LogP) is 8.65. The summed E-state index contributed by atoms with van der Waals surface area (Å²) in [7, 11) is 6.49.